The van der Waals surface area contributed by atoms with Crippen molar-refractivity contribution in [3.63, 3.8) is 0 Å². The molecule has 0 atom stereocenters. The van der Waals surface area contributed by atoms with E-state index in [9.17, 15) is 9.59 Å². The Hall–Kier alpha value is -4.99. The summed E-state index contributed by atoms with van der Waals surface area (Å²) < 4.78 is 68.8. The van der Waals surface area contributed by atoms with Gasteiger partial charge in [-0.15, -0.1) is 5.10 Å². The fourth-order valence-corrected chi connectivity index (χ4v) is 7.99. The maximum atomic E-state index is 15.9. The van der Waals surface area contributed by atoms with Crippen LogP contribution in [0.4, 0.5) is 39.5 Å². The number of nitrogens with zero attached hydrogens (tertiary/aromatic N) is 7. The molecule has 1 aromatic carbocycles. The van der Waals surface area contributed by atoms with E-state index in [4.69, 9.17) is 9.84 Å². The van der Waals surface area contributed by atoms with Crippen LogP contribution in [0.1, 0.15) is 68.1 Å². The number of ether oxygens (including phenoxy) is 1. The zero-order valence-corrected chi connectivity index (χ0v) is 30.7. The molecule has 3 fully saturated rings. The largest absolute Gasteiger partial charge is 0.444 e. The van der Waals surface area contributed by atoms with Gasteiger partial charge in [-0.25, -0.2) is 31.9 Å². The lowest BCUT2D eigenvalue weighted by atomic mass is 9.69. The molecule has 1 saturated carbocycles. The molecule has 4 aromatic rings. The van der Waals surface area contributed by atoms with Crippen molar-refractivity contribution in [2.24, 2.45) is 5.41 Å². The van der Waals surface area contributed by atoms with Gasteiger partial charge in [0.05, 0.1) is 23.8 Å². The van der Waals surface area contributed by atoms with Crippen molar-refractivity contribution in [1.29, 1.82) is 0 Å². The number of carbonyl (C=O) groups is 2. The predicted molar refractivity (Wildman–Crippen MR) is 193 cm³/mol. The second kappa shape index (κ2) is 13.1. The van der Waals surface area contributed by atoms with Crippen molar-refractivity contribution in [2.45, 2.75) is 77.0 Å². The first-order chi connectivity index (χ1) is 25.6. The first-order valence-corrected chi connectivity index (χ1v) is 18.3. The molecule has 0 bridgehead atoms. The Balaban J connectivity index is 0.990. The van der Waals surface area contributed by atoms with Crippen LogP contribution in [0, 0.1) is 17.0 Å². The number of halogens is 4. The number of aromatic nitrogens is 4. The van der Waals surface area contributed by atoms with E-state index in [1.807, 2.05) is 9.80 Å². The Kier molecular flexibility index (Phi) is 8.73. The number of nitrogens with one attached hydrogen (secondary N) is 2. The number of benzene rings is 1. The molecule has 2 saturated heterocycles. The van der Waals surface area contributed by atoms with Gasteiger partial charge in [0.15, 0.2) is 17.2 Å². The topological polar surface area (TPSA) is 120 Å². The molecular weight excluding hydrogens is 706 g/mol. The minimum absolute atomic E-state index is 0.0126. The number of imidazole rings is 1. The normalized spacial score (nSPS) is 19.4. The summed E-state index contributed by atoms with van der Waals surface area (Å²) in [5, 5.41) is 10.9. The van der Waals surface area contributed by atoms with Crippen LogP contribution in [-0.2, 0) is 17.7 Å². The minimum Gasteiger partial charge on any atom is -0.444 e. The van der Waals surface area contributed by atoms with Crippen LogP contribution in [0.15, 0.2) is 36.7 Å². The van der Waals surface area contributed by atoms with E-state index in [-0.39, 0.29) is 55.9 Å². The molecule has 0 radical (unpaired) electrons. The number of alkyl halides is 2. The molecule has 8 rings (SSSR count). The first-order valence-electron chi connectivity index (χ1n) is 18.3. The fraction of sp³-hybridized carbons (Fsp3) is 0.500. The lowest BCUT2D eigenvalue weighted by Gasteiger charge is -2.57. The highest BCUT2D eigenvalue weighted by molar-refractivity contribution is 5.94. The molecule has 16 heteroatoms. The van der Waals surface area contributed by atoms with Gasteiger partial charge in [-0.2, -0.15) is 0 Å². The molecule has 3 aromatic heterocycles. The number of hydrogen-bond acceptors (Lipinski definition) is 9. The first kappa shape index (κ1) is 36.0. The molecule has 286 valence electrons. The smallest absolute Gasteiger partial charge is 0.410 e. The van der Waals surface area contributed by atoms with Gasteiger partial charge in [-0.1, -0.05) is 0 Å². The third kappa shape index (κ3) is 6.37. The van der Waals surface area contributed by atoms with Crippen LogP contribution in [-0.4, -0.2) is 98.7 Å². The van der Waals surface area contributed by atoms with Crippen LogP contribution in [0.5, 0.6) is 0 Å². The number of amides is 2. The second-order valence-corrected chi connectivity index (χ2v) is 16.0. The summed E-state index contributed by atoms with van der Waals surface area (Å²) in [6, 6.07) is 5.89. The molecule has 6 heterocycles. The van der Waals surface area contributed by atoms with E-state index in [1.54, 1.807) is 33.9 Å². The van der Waals surface area contributed by atoms with Crippen LogP contribution >= 0.6 is 0 Å². The zero-order chi connectivity index (χ0) is 38.2. The Bertz CT molecular complexity index is 2140. The number of carbonyl (C=O) groups excluding carboxylic acids is 2. The molecule has 2 N–H and O–H groups in total. The maximum Gasteiger partial charge on any atom is 0.410 e. The summed E-state index contributed by atoms with van der Waals surface area (Å²) in [6.45, 7) is 5.36. The molecule has 0 unspecified atom stereocenters. The highest BCUT2D eigenvalue weighted by Gasteiger charge is 2.63. The van der Waals surface area contributed by atoms with E-state index in [1.165, 1.54) is 35.1 Å². The van der Waals surface area contributed by atoms with E-state index in [0.29, 0.717) is 52.5 Å². The van der Waals surface area contributed by atoms with Crippen LogP contribution < -0.4 is 15.5 Å². The standard InChI is InChI=1S/C38H43F4N9O3/c1-36(2,3)54-35(53)49-11-9-37(38(41,42)21-49)19-48(20-37)18-22-12-27(40)32(44-16-22)26-13-23(39)14-29-25(26)8-10-50(29)31-15-28(43-4)33-45-17-30(51(33)47-31)34(52)46-24-6-5-7-24/h12-17,24,43H,5-11,18-21H2,1-4H3,(H,46,52). The highest BCUT2D eigenvalue weighted by Crippen LogP contribution is 2.51. The van der Waals surface area contributed by atoms with Crippen molar-refractivity contribution in [3.8, 4) is 11.3 Å². The maximum absolute atomic E-state index is 15.9. The zero-order valence-electron chi connectivity index (χ0n) is 30.7. The predicted octanol–water partition coefficient (Wildman–Crippen LogP) is 6.17. The minimum atomic E-state index is -3.11. The van der Waals surface area contributed by atoms with Gasteiger partial charge in [0, 0.05) is 69.3 Å². The van der Waals surface area contributed by atoms with E-state index in [0.717, 1.165) is 24.2 Å². The third-order valence-electron chi connectivity index (χ3n) is 11.0. The summed E-state index contributed by atoms with van der Waals surface area (Å²) in [7, 11) is 1.74. The molecule has 3 aliphatic heterocycles. The second-order valence-electron chi connectivity index (χ2n) is 16.0. The van der Waals surface area contributed by atoms with Gasteiger partial charge in [-0.05, 0) is 82.2 Å². The average molecular weight is 750 g/mol. The molecule has 4 aliphatic rings. The van der Waals surface area contributed by atoms with Gasteiger partial charge in [0.1, 0.15) is 22.9 Å². The van der Waals surface area contributed by atoms with Gasteiger partial charge in [0.25, 0.3) is 11.8 Å². The number of rotatable bonds is 7. The number of hydrogen-bond donors (Lipinski definition) is 2. The summed E-state index contributed by atoms with van der Waals surface area (Å²) in [5.41, 5.74) is 1.33. The van der Waals surface area contributed by atoms with Crippen molar-refractivity contribution in [1.82, 2.24) is 34.7 Å². The number of pyridine rings is 1. The number of anilines is 3. The van der Waals surface area contributed by atoms with Crippen molar-refractivity contribution in [3.05, 3.63) is 65.1 Å². The third-order valence-corrected chi connectivity index (χ3v) is 11.0. The monoisotopic (exact) mass is 749 g/mol. The average Bonchev–Trinajstić information content (AvgIpc) is 3.69. The SMILES string of the molecule is CNc1cc(N2CCc3c(-c4ncc(CN5CC6(CCN(C(=O)OC(C)(C)C)CC6(F)F)C5)cc4F)cc(F)cc32)nn2c(C(=O)NC3CCC3)cnc12. The van der Waals surface area contributed by atoms with E-state index >= 15 is 17.6 Å². The lowest BCUT2D eigenvalue weighted by molar-refractivity contribution is -0.223. The molecule has 2 amide bonds. The van der Waals surface area contributed by atoms with Crippen molar-refractivity contribution < 1.29 is 31.9 Å². The quantitative estimate of drug-likeness (QED) is 0.214. The molecule has 54 heavy (non-hydrogen) atoms. The van der Waals surface area contributed by atoms with E-state index in [2.05, 4.69) is 20.6 Å². The summed E-state index contributed by atoms with van der Waals surface area (Å²) >= 11 is 0. The van der Waals surface area contributed by atoms with Crippen molar-refractivity contribution >= 4 is 34.8 Å². The number of fused-ring (bicyclic) bond motifs is 2. The van der Waals surface area contributed by atoms with Gasteiger partial charge >= 0.3 is 6.09 Å². The molecule has 1 aliphatic carbocycles. The van der Waals surface area contributed by atoms with Crippen LogP contribution in [0.2, 0.25) is 0 Å². The van der Waals surface area contributed by atoms with Crippen LogP contribution in [0.25, 0.3) is 16.9 Å². The Morgan fingerprint density at radius 3 is 2.46 bits per heavy atom. The Labute approximate surface area is 309 Å². The Morgan fingerprint density at radius 1 is 1.02 bits per heavy atom. The van der Waals surface area contributed by atoms with Gasteiger partial charge < -0.3 is 25.2 Å². The summed E-state index contributed by atoms with van der Waals surface area (Å²) in [5.74, 6) is -4.16. The van der Waals surface area contributed by atoms with Gasteiger partial charge in [0.2, 0.25) is 0 Å². The molecular formula is C38H43F4N9O3. The van der Waals surface area contributed by atoms with Crippen molar-refractivity contribution in [2.75, 3.05) is 50.0 Å². The summed E-state index contributed by atoms with van der Waals surface area (Å²) in [6.07, 6.45) is 5.75. The number of piperidine rings is 1. The van der Waals surface area contributed by atoms with E-state index < -0.39 is 41.2 Å². The molecule has 1 spiro atoms. The summed E-state index contributed by atoms with van der Waals surface area (Å²) in [4.78, 5) is 39.1. The number of likely N-dealkylation sites (tertiary alicyclic amines) is 2. The lowest BCUT2D eigenvalue weighted by Crippen LogP contribution is -2.70. The fourth-order valence-electron chi connectivity index (χ4n) is 7.99. The Morgan fingerprint density at radius 2 is 1.80 bits per heavy atom. The van der Waals surface area contributed by atoms with Crippen LogP contribution in [0.3, 0.4) is 0 Å². The molecule has 12 nitrogen and oxygen atoms in total. The highest BCUT2D eigenvalue weighted by atomic mass is 19.3. The van der Waals surface area contributed by atoms with Gasteiger partial charge in [-0.3, -0.25) is 14.7 Å².